The zero-order valence-corrected chi connectivity index (χ0v) is 11.9. The van der Waals surface area contributed by atoms with Crippen LogP contribution in [0.3, 0.4) is 0 Å². The van der Waals surface area contributed by atoms with Gasteiger partial charge in [0.25, 0.3) is 0 Å². The predicted octanol–water partition coefficient (Wildman–Crippen LogP) is 2.98. The Balaban J connectivity index is 1.64. The average molecular weight is 290 g/mol. The minimum absolute atomic E-state index is 0.144. The zero-order chi connectivity index (χ0) is 13.9. The molecule has 0 spiro atoms. The highest BCUT2D eigenvalue weighted by molar-refractivity contribution is 6.30. The largest absolute Gasteiger partial charge is 0.297 e. The summed E-state index contributed by atoms with van der Waals surface area (Å²) in [5, 5.41) is 7.68. The fourth-order valence-corrected chi connectivity index (χ4v) is 2.67. The number of carbonyl (C=O) groups is 1. The first-order valence-electron chi connectivity index (χ1n) is 6.81. The van der Waals surface area contributed by atoms with Gasteiger partial charge >= 0.3 is 0 Å². The summed E-state index contributed by atoms with van der Waals surface area (Å²) in [5.41, 5.74) is 2.26. The molecule has 1 aliphatic heterocycles. The second-order valence-corrected chi connectivity index (χ2v) is 5.46. The maximum atomic E-state index is 12.4. The van der Waals surface area contributed by atoms with Gasteiger partial charge < -0.3 is 0 Å². The van der Waals surface area contributed by atoms with Crippen LogP contribution in [0.2, 0.25) is 5.02 Å². The van der Waals surface area contributed by atoms with Crippen molar-refractivity contribution >= 4 is 23.3 Å². The molecule has 5 heteroatoms. The van der Waals surface area contributed by atoms with Crippen LogP contribution < -0.4 is 4.90 Å². The number of hydrogen-bond donors (Lipinski definition) is 1. The Morgan fingerprint density at radius 3 is 2.95 bits per heavy atom. The van der Waals surface area contributed by atoms with Crippen molar-refractivity contribution in [3.8, 4) is 0 Å². The van der Waals surface area contributed by atoms with E-state index in [1.54, 1.807) is 0 Å². The van der Waals surface area contributed by atoms with Crippen LogP contribution in [0.5, 0.6) is 0 Å². The van der Waals surface area contributed by atoms with Gasteiger partial charge in [-0.2, -0.15) is 5.10 Å². The van der Waals surface area contributed by atoms with E-state index >= 15 is 0 Å². The summed E-state index contributed by atoms with van der Waals surface area (Å²) in [6, 6.07) is 7.64. The Labute approximate surface area is 122 Å². The van der Waals surface area contributed by atoms with Crippen LogP contribution in [0.1, 0.15) is 24.0 Å². The number of anilines is 1. The number of rotatable bonds is 3. The number of benzene rings is 1. The third-order valence-corrected chi connectivity index (χ3v) is 3.89. The summed E-state index contributed by atoms with van der Waals surface area (Å²) in [7, 11) is 0. The summed E-state index contributed by atoms with van der Waals surface area (Å²) < 4.78 is 0. The number of amides is 1. The molecule has 0 saturated carbocycles. The molecule has 0 saturated heterocycles. The van der Waals surface area contributed by atoms with Gasteiger partial charge in [-0.05, 0) is 37.0 Å². The lowest BCUT2D eigenvalue weighted by Gasteiger charge is -2.26. The average Bonchev–Trinajstić information content (AvgIpc) is 2.94. The lowest BCUT2D eigenvalue weighted by atomic mass is 10.1. The molecule has 1 aliphatic rings. The van der Waals surface area contributed by atoms with Crippen molar-refractivity contribution < 1.29 is 4.79 Å². The van der Waals surface area contributed by atoms with Gasteiger partial charge in [-0.1, -0.05) is 23.7 Å². The number of carbonyl (C=O) groups excluding carboxylic acids is 1. The van der Waals surface area contributed by atoms with Crippen LogP contribution in [0.25, 0.3) is 0 Å². The fraction of sp³-hybridized carbons (Fsp3) is 0.333. The van der Waals surface area contributed by atoms with Gasteiger partial charge in [-0.25, -0.2) is 0 Å². The Morgan fingerprint density at radius 1 is 1.35 bits per heavy atom. The Hall–Kier alpha value is -1.81. The molecular weight excluding hydrogens is 274 g/mol. The molecule has 20 heavy (non-hydrogen) atoms. The number of fused-ring (bicyclic) bond motifs is 1. The first-order chi connectivity index (χ1) is 9.74. The monoisotopic (exact) mass is 289 g/mol. The topological polar surface area (TPSA) is 49.0 Å². The summed E-state index contributed by atoms with van der Waals surface area (Å²) in [6.07, 6.45) is 5.04. The van der Waals surface area contributed by atoms with Gasteiger partial charge in [0.15, 0.2) is 0 Å². The van der Waals surface area contributed by atoms with E-state index in [9.17, 15) is 4.79 Å². The Morgan fingerprint density at radius 2 is 2.15 bits per heavy atom. The molecule has 0 unspecified atom stereocenters. The summed E-state index contributed by atoms with van der Waals surface area (Å²) >= 11 is 5.85. The Bertz CT molecular complexity index is 606. The van der Waals surface area contributed by atoms with Gasteiger partial charge in [-0.15, -0.1) is 0 Å². The minimum Gasteiger partial charge on any atom is -0.297 e. The molecule has 0 bridgehead atoms. The van der Waals surface area contributed by atoms with Crippen molar-refractivity contribution in [2.75, 3.05) is 11.4 Å². The van der Waals surface area contributed by atoms with Crippen LogP contribution >= 0.6 is 11.6 Å². The summed E-state index contributed by atoms with van der Waals surface area (Å²) in [6.45, 7) is 0.772. The molecule has 0 atom stereocenters. The van der Waals surface area contributed by atoms with E-state index in [2.05, 4.69) is 10.2 Å². The van der Waals surface area contributed by atoms with Crippen molar-refractivity contribution in [2.24, 2.45) is 0 Å². The molecule has 1 N–H and O–H groups in total. The van der Waals surface area contributed by atoms with Crippen molar-refractivity contribution in [1.82, 2.24) is 10.2 Å². The number of aryl methyl sites for hydroxylation is 2. The van der Waals surface area contributed by atoms with Crippen LogP contribution in [0.4, 0.5) is 5.82 Å². The van der Waals surface area contributed by atoms with E-state index in [-0.39, 0.29) is 5.91 Å². The number of halogens is 1. The predicted molar refractivity (Wildman–Crippen MR) is 79.0 cm³/mol. The highest BCUT2D eigenvalue weighted by Gasteiger charge is 2.23. The van der Waals surface area contributed by atoms with Gasteiger partial charge in [-0.3, -0.25) is 14.8 Å². The smallest absolute Gasteiger partial charge is 0.228 e. The van der Waals surface area contributed by atoms with Crippen LogP contribution in [0, 0.1) is 0 Å². The fourth-order valence-electron chi connectivity index (χ4n) is 2.55. The van der Waals surface area contributed by atoms with E-state index < -0.39 is 0 Å². The van der Waals surface area contributed by atoms with Gasteiger partial charge in [0.1, 0.15) is 5.82 Å². The number of nitrogens with one attached hydrogen (secondary N) is 1. The van der Waals surface area contributed by atoms with Gasteiger partial charge in [0.05, 0.1) is 6.20 Å². The SMILES string of the molecule is O=C(CCc1ccc(Cl)cc1)N1CCCc2cn[nH]c21. The van der Waals surface area contributed by atoms with E-state index in [0.29, 0.717) is 6.42 Å². The second-order valence-electron chi connectivity index (χ2n) is 5.02. The molecule has 1 amide bonds. The first kappa shape index (κ1) is 13.2. The molecular formula is C15H16ClN3O. The molecule has 1 aromatic heterocycles. The quantitative estimate of drug-likeness (QED) is 0.944. The standard InChI is InChI=1S/C15H16ClN3O/c16-13-6-3-11(4-7-13)5-8-14(20)19-9-1-2-12-10-17-18-15(12)19/h3-4,6-7,10H,1-2,5,8-9H2,(H,17,18). The molecule has 0 fully saturated rings. The number of hydrogen-bond acceptors (Lipinski definition) is 2. The molecule has 4 nitrogen and oxygen atoms in total. The molecule has 0 aliphatic carbocycles. The van der Waals surface area contributed by atoms with Crippen LogP contribution in [-0.2, 0) is 17.6 Å². The zero-order valence-electron chi connectivity index (χ0n) is 11.1. The van der Waals surface area contributed by atoms with E-state index in [1.807, 2.05) is 35.4 Å². The first-order valence-corrected chi connectivity index (χ1v) is 7.19. The van der Waals surface area contributed by atoms with Crippen molar-refractivity contribution in [3.63, 3.8) is 0 Å². The number of aromatic nitrogens is 2. The lowest BCUT2D eigenvalue weighted by molar-refractivity contribution is -0.118. The number of nitrogens with zero attached hydrogens (tertiary/aromatic N) is 2. The molecule has 2 aromatic rings. The summed E-state index contributed by atoms with van der Waals surface area (Å²) in [4.78, 5) is 14.2. The van der Waals surface area contributed by atoms with Crippen molar-refractivity contribution in [2.45, 2.75) is 25.7 Å². The molecule has 3 rings (SSSR count). The lowest BCUT2D eigenvalue weighted by Crippen LogP contribution is -2.35. The van der Waals surface area contributed by atoms with Crippen molar-refractivity contribution in [3.05, 3.63) is 46.6 Å². The van der Waals surface area contributed by atoms with Gasteiger partial charge in [0, 0.05) is 23.6 Å². The molecule has 2 heterocycles. The highest BCUT2D eigenvalue weighted by atomic mass is 35.5. The van der Waals surface area contributed by atoms with E-state index in [0.717, 1.165) is 47.8 Å². The summed E-state index contributed by atoms with van der Waals surface area (Å²) in [5.74, 6) is 1.02. The third kappa shape index (κ3) is 2.70. The van der Waals surface area contributed by atoms with Crippen LogP contribution in [-0.4, -0.2) is 22.6 Å². The molecule has 0 radical (unpaired) electrons. The van der Waals surface area contributed by atoms with Crippen LogP contribution in [0.15, 0.2) is 30.5 Å². The highest BCUT2D eigenvalue weighted by Crippen LogP contribution is 2.24. The second kappa shape index (κ2) is 5.67. The number of aromatic amines is 1. The van der Waals surface area contributed by atoms with Crippen molar-refractivity contribution in [1.29, 1.82) is 0 Å². The normalized spacial score (nSPS) is 14.2. The van der Waals surface area contributed by atoms with E-state index in [4.69, 9.17) is 11.6 Å². The third-order valence-electron chi connectivity index (χ3n) is 3.63. The number of H-pyrrole nitrogens is 1. The maximum absolute atomic E-state index is 12.4. The molecule has 1 aromatic carbocycles. The van der Waals surface area contributed by atoms with Gasteiger partial charge in [0.2, 0.25) is 5.91 Å². The van der Waals surface area contributed by atoms with E-state index in [1.165, 1.54) is 0 Å². The Kier molecular flexibility index (Phi) is 3.74. The maximum Gasteiger partial charge on any atom is 0.228 e. The molecule has 104 valence electrons. The minimum atomic E-state index is 0.144.